The maximum Gasteiger partial charge on any atom is 0.338 e. The molecule has 0 radical (unpaired) electrons. The maximum absolute atomic E-state index is 14.0. The number of halogens is 1. The number of carboxylic acids is 1. The van der Waals surface area contributed by atoms with Crippen molar-refractivity contribution in [3.8, 4) is 11.6 Å². The number of benzene rings is 1. The first-order valence-electron chi connectivity index (χ1n) is 6.06. The predicted molar refractivity (Wildman–Crippen MR) is 73.0 cm³/mol. The Balaban J connectivity index is 2.07. The van der Waals surface area contributed by atoms with Crippen molar-refractivity contribution < 1.29 is 19.0 Å². The highest BCUT2D eigenvalue weighted by molar-refractivity contribution is 5.88. The minimum atomic E-state index is -1.38. The Hall–Kier alpha value is -3.02. The number of nitrogens with zero attached hydrogens (tertiary/aromatic N) is 2. The van der Waals surface area contributed by atoms with E-state index in [0.29, 0.717) is 11.3 Å². The minimum absolute atomic E-state index is 0.307. The van der Waals surface area contributed by atoms with Gasteiger partial charge in [-0.1, -0.05) is 18.2 Å². The third-order valence-electron chi connectivity index (χ3n) is 2.89. The van der Waals surface area contributed by atoms with E-state index in [4.69, 9.17) is 9.84 Å². The summed E-state index contributed by atoms with van der Waals surface area (Å²) < 4.78 is 19.4. The molecule has 6 heteroatoms. The topological polar surface area (TPSA) is 72.3 Å². The van der Waals surface area contributed by atoms with Crippen LogP contribution in [-0.4, -0.2) is 21.0 Å². The molecule has 2 heterocycles. The highest BCUT2D eigenvalue weighted by atomic mass is 19.1. The SMILES string of the molecule is O=C(O)c1ccnc(Oc2cccc3cccnc23)c1F. The number of hydrogen-bond acceptors (Lipinski definition) is 4. The molecule has 0 atom stereocenters. The molecule has 0 saturated heterocycles. The van der Waals surface area contributed by atoms with Crippen molar-refractivity contribution in [2.24, 2.45) is 0 Å². The number of rotatable bonds is 3. The van der Waals surface area contributed by atoms with Crippen LogP contribution >= 0.6 is 0 Å². The van der Waals surface area contributed by atoms with Gasteiger partial charge in [0.05, 0.1) is 0 Å². The summed E-state index contributed by atoms with van der Waals surface area (Å²) in [6, 6.07) is 9.88. The first-order chi connectivity index (χ1) is 10.2. The standard InChI is InChI=1S/C15H9FN2O3/c16-12-10(15(19)20)6-8-18-14(12)21-11-5-1-3-9-4-2-7-17-13(9)11/h1-8H,(H,19,20). The Labute approximate surface area is 118 Å². The van der Waals surface area contributed by atoms with Gasteiger partial charge in [-0.15, -0.1) is 0 Å². The summed E-state index contributed by atoms with van der Waals surface area (Å²) in [6.45, 7) is 0. The molecule has 0 spiro atoms. The van der Waals surface area contributed by atoms with Gasteiger partial charge in [-0.05, 0) is 18.2 Å². The van der Waals surface area contributed by atoms with Gasteiger partial charge in [0.25, 0.3) is 5.88 Å². The second-order valence-corrected chi connectivity index (χ2v) is 4.22. The predicted octanol–water partition coefficient (Wildman–Crippen LogP) is 3.26. The molecule has 0 amide bonds. The third-order valence-corrected chi connectivity index (χ3v) is 2.89. The van der Waals surface area contributed by atoms with Crippen LogP contribution in [0.3, 0.4) is 0 Å². The Morgan fingerprint density at radius 1 is 1.10 bits per heavy atom. The van der Waals surface area contributed by atoms with Crippen molar-refractivity contribution in [1.82, 2.24) is 9.97 Å². The Morgan fingerprint density at radius 3 is 2.71 bits per heavy atom. The molecule has 1 N–H and O–H groups in total. The zero-order valence-corrected chi connectivity index (χ0v) is 10.7. The van der Waals surface area contributed by atoms with Crippen LogP contribution in [0.25, 0.3) is 10.9 Å². The fourth-order valence-electron chi connectivity index (χ4n) is 1.92. The van der Waals surface area contributed by atoms with Gasteiger partial charge >= 0.3 is 5.97 Å². The molecule has 1 aromatic carbocycles. The molecule has 21 heavy (non-hydrogen) atoms. The molecular formula is C15H9FN2O3. The maximum atomic E-state index is 14.0. The Bertz CT molecular complexity index is 831. The molecular weight excluding hydrogens is 275 g/mol. The lowest BCUT2D eigenvalue weighted by molar-refractivity contribution is 0.0690. The minimum Gasteiger partial charge on any atom is -0.478 e. The molecule has 0 unspecified atom stereocenters. The molecule has 2 aromatic heterocycles. The number of aromatic nitrogens is 2. The lowest BCUT2D eigenvalue weighted by Crippen LogP contribution is -2.03. The number of pyridine rings is 2. The van der Waals surface area contributed by atoms with Crippen molar-refractivity contribution >= 4 is 16.9 Å². The van der Waals surface area contributed by atoms with Crippen LogP contribution in [0, 0.1) is 5.82 Å². The second-order valence-electron chi connectivity index (χ2n) is 4.22. The fraction of sp³-hybridized carbons (Fsp3) is 0. The smallest absolute Gasteiger partial charge is 0.338 e. The molecule has 0 aliphatic heterocycles. The van der Waals surface area contributed by atoms with E-state index in [1.54, 1.807) is 24.4 Å². The van der Waals surface area contributed by atoms with Crippen molar-refractivity contribution in [3.63, 3.8) is 0 Å². The van der Waals surface area contributed by atoms with Crippen LogP contribution in [0.4, 0.5) is 4.39 Å². The van der Waals surface area contributed by atoms with Gasteiger partial charge in [-0.3, -0.25) is 4.98 Å². The van der Waals surface area contributed by atoms with Crippen LogP contribution in [0.15, 0.2) is 48.8 Å². The quantitative estimate of drug-likeness (QED) is 0.799. The number of ether oxygens (including phenoxy) is 1. The molecule has 104 valence electrons. The Morgan fingerprint density at radius 2 is 1.90 bits per heavy atom. The van der Waals surface area contributed by atoms with Crippen molar-refractivity contribution in [1.29, 1.82) is 0 Å². The molecule has 0 aliphatic rings. The summed E-state index contributed by atoms with van der Waals surface area (Å²) in [5.74, 6) is -2.48. The molecule has 3 rings (SSSR count). The van der Waals surface area contributed by atoms with Gasteiger partial charge in [0, 0.05) is 17.8 Å². The summed E-state index contributed by atoms with van der Waals surface area (Å²) >= 11 is 0. The summed E-state index contributed by atoms with van der Waals surface area (Å²) in [7, 11) is 0. The monoisotopic (exact) mass is 284 g/mol. The van der Waals surface area contributed by atoms with Gasteiger partial charge < -0.3 is 9.84 Å². The van der Waals surface area contributed by atoms with E-state index in [1.807, 2.05) is 12.1 Å². The molecule has 0 saturated carbocycles. The van der Waals surface area contributed by atoms with Crippen LogP contribution in [0.2, 0.25) is 0 Å². The molecule has 0 aliphatic carbocycles. The van der Waals surface area contributed by atoms with E-state index in [1.165, 1.54) is 6.20 Å². The van der Waals surface area contributed by atoms with E-state index in [0.717, 1.165) is 11.5 Å². The average Bonchev–Trinajstić information content (AvgIpc) is 2.49. The van der Waals surface area contributed by atoms with Gasteiger partial charge in [0.2, 0.25) is 0 Å². The van der Waals surface area contributed by atoms with Crippen molar-refractivity contribution in [3.05, 3.63) is 60.2 Å². The zero-order chi connectivity index (χ0) is 14.8. The van der Waals surface area contributed by atoms with E-state index in [2.05, 4.69) is 9.97 Å². The highest BCUT2D eigenvalue weighted by Gasteiger charge is 2.17. The normalized spacial score (nSPS) is 10.5. The first-order valence-corrected chi connectivity index (χ1v) is 6.06. The number of para-hydroxylation sites is 1. The largest absolute Gasteiger partial charge is 0.478 e. The third kappa shape index (κ3) is 2.38. The number of aromatic carboxylic acids is 1. The van der Waals surface area contributed by atoms with E-state index < -0.39 is 23.2 Å². The average molecular weight is 284 g/mol. The van der Waals surface area contributed by atoms with E-state index >= 15 is 0 Å². The number of carboxylic acid groups (broad SMARTS) is 1. The summed E-state index contributed by atoms with van der Waals surface area (Å²) in [6.07, 6.45) is 2.77. The summed E-state index contributed by atoms with van der Waals surface area (Å²) in [4.78, 5) is 18.8. The van der Waals surface area contributed by atoms with Crippen molar-refractivity contribution in [2.45, 2.75) is 0 Å². The highest BCUT2D eigenvalue weighted by Crippen LogP contribution is 2.29. The zero-order valence-electron chi connectivity index (χ0n) is 10.7. The lowest BCUT2D eigenvalue weighted by atomic mass is 10.2. The molecule has 3 aromatic rings. The van der Waals surface area contributed by atoms with Gasteiger partial charge in [-0.25, -0.2) is 14.2 Å². The fourth-order valence-corrected chi connectivity index (χ4v) is 1.92. The molecule has 5 nitrogen and oxygen atoms in total. The van der Waals surface area contributed by atoms with Crippen molar-refractivity contribution in [2.75, 3.05) is 0 Å². The van der Waals surface area contributed by atoms with E-state index in [-0.39, 0.29) is 0 Å². The van der Waals surface area contributed by atoms with Gasteiger partial charge in [0.1, 0.15) is 11.1 Å². The lowest BCUT2D eigenvalue weighted by Gasteiger charge is -2.08. The first kappa shape index (κ1) is 13.0. The van der Waals surface area contributed by atoms with Crippen LogP contribution < -0.4 is 4.74 Å². The van der Waals surface area contributed by atoms with Gasteiger partial charge in [-0.2, -0.15) is 0 Å². The second kappa shape index (κ2) is 5.16. The Kier molecular flexibility index (Phi) is 3.19. The van der Waals surface area contributed by atoms with Crippen LogP contribution in [0.5, 0.6) is 11.6 Å². The summed E-state index contributed by atoms with van der Waals surface area (Å²) in [5, 5.41) is 9.72. The number of carbonyl (C=O) groups is 1. The van der Waals surface area contributed by atoms with Crippen LogP contribution in [-0.2, 0) is 0 Å². The number of fused-ring (bicyclic) bond motifs is 1. The molecule has 0 bridgehead atoms. The summed E-state index contributed by atoms with van der Waals surface area (Å²) in [5.41, 5.74) is 0.0510. The number of hydrogen-bond donors (Lipinski definition) is 1. The molecule has 0 fully saturated rings. The van der Waals surface area contributed by atoms with E-state index in [9.17, 15) is 9.18 Å². The van der Waals surface area contributed by atoms with Crippen LogP contribution in [0.1, 0.15) is 10.4 Å². The van der Waals surface area contributed by atoms with Gasteiger partial charge in [0.15, 0.2) is 11.6 Å².